The summed E-state index contributed by atoms with van der Waals surface area (Å²) in [5, 5.41) is 14.1. The lowest BCUT2D eigenvalue weighted by atomic mass is 10.0. The predicted octanol–water partition coefficient (Wildman–Crippen LogP) is 0.814. The first kappa shape index (κ1) is 12.8. The number of nitrogens with zero attached hydrogens (tertiary/aromatic N) is 2. The van der Waals surface area contributed by atoms with E-state index in [0.29, 0.717) is 16.8 Å². The summed E-state index contributed by atoms with van der Waals surface area (Å²) in [6, 6.07) is 3.28. The highest BCUT2D eigenvalue weighted by Crippen LogP contribution is 2.25. The maximum absolute atomic E-state index is 11.8. The summed E-state index contributed by atoms with van der Waals surface area (Å²) in [7, 11) is 1.58. The van der Waals surface area contributed by atoms with Gasteiger partial charge in [0.05, 0.1) is 5.56 Å². The van der Waals surface area contributed by atoms with Crippen LogP contribution in [0.1, 0.15) is 21.5 Å². The van der Waals surface area contributed by atoms with E-state index in [4.69, 9.17) is 11.3 Å². The van der Waals surface area contributed by atoms with E-state index in [-0.39, 0.29) is 5.91 Å². The first-order valence-corrected chi connectivity index (χ1v) is 4.87. The zero-order valence-electron chi connectivity index (χ0n) is 9.61. The molecule has 7 nitrogen and oxygen atoms in total. The molecule has 1 aromatic carbocycles. The number of carbonyl (C=O) groups is 1. The third-order valence-electron chi connectivity index (χ3n) is 2.13. The molecule has 7 heteroatoms. The molecule has 90 valence electrons. The molecule has 0 aromatic heterocycles. The molecule has 0 bridgehead atoms. The Labute approximate surface area is 98.6 Å². The van der Waals surface area contributed by atoms with Gasteiger partial charge in [-0.1, -0.05) is 5.22 Å². The molecule has 0 heterocycles. The number of rotatable bonds is 4. The Bertz CT molecular complexity index is 468. The molecule has 0 atom stereocenters. The topological polar surface area (TPSA) is 116 Å². The maximum Gasteiger partial charge on any atom is 0.267 e. The summed E-state index contributed by atoms with van der Waals surface area (Å²) in [4.78, 5) is 11.8. The lowest BCUT2D eigenvalue weighted by molar-refractivity contribution is 0.0938. The van der Waals surface area contributed by atoms with Gasteiger partial charge >= 0.3 is 0 Å². The molecule has 0 fully saturated rings. The molecule has 0 spiro atoms. The van der Waals surface area contributed by atoms with Crippen molar-refractivity contribution < 1.29 is 4.79 Å². The second-order valence-corrected chi connectivity index (χ2v) is 3.30. The highest BCUT2D eigenvalue weighted by atomic mass is 16.2. The van der Waals surface area contributed by atoms with Crippen LogP contribution in [0.2, 0.25) is 0 Å². The lowest BCUT2D eigenvalue weighted by Crippen LogP contribution is -2.34. The van der Waals surface area contributed by atoms with Crippen molar-refractivity contribution in [2.75, 3.05) is 7.05 Å². The van der Waals surface area contributed by atoms with Crippen molar-refractivity contribution in [3.63, 3.8) is 0 Å². The number of nitrogens with two attached hydrogens (primary N) is 1. The molecule has 0 aliphatic rings. The standard InChI is InChI=1S/C10H14N6O/c1-6-3-7(5-11)4-8(9(6)14-16-12)10(17)15-13-2/h3-5,11,13H,1-2H3,(H2,12,14)(H,15,17). The van der Waals surface area contributed by atoms with E-state index >= 15 is 0 Å². The molecular weight excluding hydrogens is 220 g/mol. The normalized spacial score (nSPS) is 10.5. The zero-order chi connectivity index (χ0) is 12.8. The molecule has 0 radical (unpaired) electrons. The van der Waals surface area contributed by atoms with Crippen LogP contribution >= 0.6 is 0 Å². The van der Waals surface area contributed by atoms with Crippen LogP contribution in [-0.4, -0.2) is 19.2 Å². The highest BCUT2D eigenvalue weighted by molar-refractivity contribution is 6.01. The number of hydrogen-bond donors (Lipinski definition) is 4. The largest absolute Gasteiger partial charge is 0.308 e. The van der Waals surface area contributed by atoms with Gasteiger partial charge in [-0.05, 0) is 30.2 Å². The Hall–Kier alpha value is -2.28. The molecule has 0 aliphatic heterocycles. The lowest BCUT2D eigenvalue weighted by Gasteiger charge is -2.09. The van der Waals surface area contributed by atoms with Crippen LogP contribution < -0.4 is 16.7 Å². The quantitative estimate of drug-likeness (QED) is 0.267. The second-order valence-electron chi connectivity index (χ2n) is 3.30. The second kappa shape index (κ2) is 5.71. The molecule has 0 saturated heterocycles. The van der Waals surface area contributed by atoms with Crippen LogP contribution in [0.15, 0.2) is 22.5 Å². The van der Waals surface area contributed by atoms with Gasteiger partial charge in [0, 0.05) is 13.3 Å². The van der Waals surface area contributed by atoms with Crippen molar-refractivity contribution in [2.45, 2.75) is 6.92 Å². The number of hydrazine groups is 1. The van der Waals surface area contributed by atoms with Gasteiger partial charge in [0.1, 0.15) is 5.69 Å². The average molecular weight is 234 g/mol. The number of benzene rings is 1. The molecule has 1 rings (SSSR count). The van der Waals surface area contributed by atoms with E-state index in [2.05, 4.69) is 21.2 Å². The number of carbonyl (C=O) groups excluding carboxylic acids is 1. The number of hydrogen-bond acceptors (Lipinski definition) is 5. The van der Waals surface area contributed by atoms with Gasteiger partial charge in [-0.25, -0.2) is 5.43 Å². The Kier molecular flexibility index (Phi) is 4.29. The predicted molar refractivity (Wildman–Crippen MR) is 64.3 cm³/mol. The Morgan fingerprint density at radius 1 is 1.53 bits per heavy atom. The van der Waals surface area contributed by atoms with E-state index in [9.17, 15) is 4.79 Å². The molecule has 1 amide bonds. The van der Waals surface area contributed by atoms with Crippen molar-refractivity contribution in [2.24, 2.45) is 16.2 Å². The van der Waals surface area contributed by atoms with Gasteiger partial charge in [0.2, 0.25) is 0 Å². The van der Waals surface area contributed by atoms with Gasteiger partial charge in [0.15, 0.2) is 0 Å². The molecule has 1 aromatic rings. The third-order valence-corrected chi connectivity index (χ3v) is 2.13. The van der Waals surface area contributed by atoms with Gasteiger partial charge in [-0.15, -0.1) is 5.11 Å². The smallest absolute Gasteiger partial charge is 0.267 e. The van der Waals surface area contributed by atoms with Crippen molar-refractivity contribution in [1.82, 2.24) is 10.9 Å². The summed E-state index contributed by atoms with van der Waals surface area (Å²) < 4.78 is 0. The fraction of sp³-hybridized carbons (Fsp3) is 0.200. The van der Waals surface area contributed by atoms with Crippen LogP contribution in [0, 0.1) is 12.3 Å². The number of aryl methyl sites for hydroxylation is 1. The van der Waals surface area contributed by atoms with Crippen LogP contribution in [0.3, 0.4) is 0 Å². The van der Waals surface area contributed by atoms with Crippen molar-refractivity contribution in [3.8, 4) is 0 Å². The third kappa shape index (κ3) is 2.85. The van der Waals surface area contributed by atoms with Gasteiger partial charge < -0.3 is 11.3 Å². The fourth-order valence-electron chi connectivity index (χ4n) is 1.44. The SMILES string of the molecule is CNNC(=O)c1cc(C=N)cc(C)c1N=NN. The van der Waals surface area contributed by atoms with Crippen LogP contribution in [0.25, 0.3) is 0 Å². The first-order valence-electron chi connectivity index (χ1n) is 4.87. The first-order chi connectivity index (χ1) is 8.13. The molecule has 0 saturated carbocycles. The minimum atomic E-state index is -0.360. The summed E-state index contributed by atoms with van der Waals surface area (Å²) in [5.41, 5.74) is 7.01. The summed E-state index contributed by atoms with van der Waals surface area (Å²) in [6.07, 6.45) is 1.16. The van der Waals surface area contributed by atoms with Crippen molar-refractivity contribution in [3.05, 3.63) is 28.8 Å². The van der Waals surface area contributed by atoms with Crippen LogP contribution in [0.4, 0.5) is 5.69 Å². The average Bonchev–Trinajstić information content (AvgIpc) is 2.31. The summed E-state index contributed by atoms with van der Waals surface area (Å²) in [6.45, 7) is 1.77. The van der Waals surface area contributed by atoms with Gasteiger partial charge in [-0.2, -0.15) is 0 Å². The van der Waals surface area contributed by atoms with E-state index in [1.807, 2.05) is 0 Å². The van der Waals surface area contributed by atoms with E-state index in [1.54, 1.807) is 26.1 Å². The van der Waals surface area contributed by atoms with E-state index in [1.165, 1.54) is 0 Å². The van der Waals surface area contributed by atoms with Gasteiger partial charge in [-0.3, -0.25) is 10.2 Å². The summed E-state index contributed by atoms with van der Waals surface area (Å²) >= 11 is 0. The highest BCUT2D eigenvalue weighted by Gasteiger charge is 2.14. The van der Waals surface area contributed by atoms with Crippen LogP contribution in [0.5, 0.6) is 0 Å². The van der Waals surface area contributed by atoms with Crippen LogP contribution in [-0.2, 0) is 0 Å². The number of nitrogens with one attached hydrogen (secondary N) is 3. The fourth-order valence-corrected chi connectivity index (χ4v) is 1.44. The maximum atomic E-state index is 11.8. The molecular formula is C10H14N6O. The van der Waals surface area contributed by atoms with Crippen molar-refractivity contribution in [1.29, 1.82) is 5.41 Å². The van der Waals surface area contributed by atoms with Crippen molar-refractivity contribution >= 4 is 17.8 Å². The summed E-state index contributed by atoms with van der Waals surface area (Å²) in [5.74, 6) is 4.65. The zero-order valence-corrected chi connectivity index (χ0v) is 9.61. The molecule has 17 heavy (non-hydrogen) atoms. The van der Waals surface area contributed by atoms with E-state index in [0.717, 1.165) is 11.8 Å². The Morgan fingerprint density at radius 2 is 2.24 bits per heavy atom. The van der Waals surface area contributed by atoms with E-state index < -0.39 is 0 Å². The monoisotopic (exact) mass is 234 g/mol. The minimum absolute atomic E-state index is 0.312. The molecule has 5 N–H and O–H groups in total. The Morgan fingerprint density at radius 3 is 2.76 bits per heavy atom. The molecule has 0 aliphatic carbocycles. The minimum Gasteiger partial charge on any atom is -0.308 e. The van der Waals surface area contributed by atoms with Gasteiger partial charge in [0.25, 0.3) is 5.91 Å². The number of amides is 1. The Balaban J connectivity index is 3.36. The molecule has 0 unspecified atom stereocenters.